The number of piperidine rings is 1. The van der Waals surface area contributed by atoms with Gasteiger partial charge in [-0.1, -0.05) is 12.1 Å². The molecule has 2 aliphatic heterocycles. The van der Waals surface area contributed by atoms with Crippen LogP contribution in [0.4, 0.5) is 5.69 Å². The van der Waals surface area contributed by atoms with Gasteiger partial charge < -0.3 is 19.3 Å². The van der Waals surface area contributed by atoms with Gasteiger partial charge >= 0.3 is 0 Å². The molecule has 0 bridgehead atoms. The Balaban J connectivity index is 1.85. The van der Waals surface area contributed by atoms with E-state index < -0.39 is 0 Å². The first-order chi connectivity index (χ1) is 13.5. The van der Waals surface area contributed by atoms with E-state index >= 15 is 0 Å². The average molecular weight is 380 g/mol. The molecule has 1 saturated heterocycles. The number of hydrogen-bond acceptors (Lipinski definition) is 5. The largest absolute Gasteiger partial charge is 0.493 e. The van der Waals surface area contributed by atoms with E-state index in [0.29, 0.717) is 12.0 Å². The monoisotopic (exact) mass is 379 g/mol. The number of benzene rings is 2. The van der Waals surface area contributed by atoms with Crippen molar-refractivity contribution in [2.24, 2.45) is 4.99 Å². The summed E-state index contributed by atoms with van der Waals surface area (Å²) in [4.78, 5) is 9.74. The van der Waals surface area contributed by atoms with Gasteiger partial charge in [0.1, 0.15) is 0 Å². The summed E-state index contributed by atoms with van der Waals surface area (Å²) >= 11 is 0. The summed E-state index contributed by atoms with van der Waals surface area (Å²) in [5.74, 6) is 1.93. The highest BCUT2D eigenvalue weighted by atomic mass is 16.5. The van der Waals surface area contributed by atoms with Crippen molar-refractivity contribution in [3.8, 4) is 11.5 Å². The molecule has 148 valence electrons. The first-order valence-electron chi connectivity index (χ1n) is 9.82. The van der Waals surface area contributed by atoms with Gasteiger partial charge in [0.2, 0.25) is 0 Å². The summed E-state index contributed by atoms with van der Waals surface area (Å²) in [7, 11) is 9.70. The van der Waals surface area contributed by atoms with Gasteiger partial charge in [-0.25, -0.2) is 0 Å². The van der Waals surface area contributed by atoms with Crippen LogP contribution in [0.25, 0.3) is 0 Å². The van der Waals surface area contributed by atoms with Gasteiger partial charge in [-0.2, -0.15) is 0 Å². The minimum Gasteiger partial charge on any atom is -0.493 e. The van der Waals surface area contributed by atoms with Crippen molar-refractivity contribution >= 4 is 11.4 Å². The van der Waals surface area contributed by atoms with E-state index in [4.69, 9.17) is 14.5 Å². The zero-order chi connectivity index (χ0) is 19.8. The molecule has 2 aromatic carbocycles. The SMILES string of the molecule is COc1cc2c(cc1OC)C1CN(C)CCC1N=C2c1ccc(N(C)C)cc1. The molecule has 2 aliphatic rings. The van der Waals surface area contributed by atoms with Crippen LogP contribution in [-0.2, 0) is 0 Å². The van der Waals surface area contributed by atoms with Crippen molar-refractivity contribution in [1.29, 1.82) is 0 Å². The van der Waals surface area contributed by atoms with Gasteiger partial charge in [-0.3, -0.25) is 4.99 Å². The molecule has 0 aromatic heterocycles. The molecule has 1 fully saturated rings. The summed E-state index contributed by atoms with van der Waals surface area (Å²) in [6.07, 6.45) is 1.08. The lowest BCUT2D eigenvalue weighted by atomic mass is 9.79. The van der Waals surface area contributed by atoms with E-state index in [1.54, 1.807) is 14.2 Å². The smallest absolute Gasteiger partial charge is 0.161 e. The second kappa shape index (κ2) is 7.47. The maximum Gasteiger partial charge on any atom is 0.161 e. The van der Waals surface area contributed by atoms with Gasteiger partial charge in [0, 0.05) is 43.4 Å². The number of nitrogens with zero attached hydrogens (tertiary/aromatic N) is 3. The van der Waals surface area contributed by atoms with Crippen LogP contribution in [0.2, 0.25) is 0 Å². The maximum atomic E-state index is 5.61. The zero-order valence-electron chi connectivity index (χ0n) is 17.4. The Kier molecular flexibility index (Phi) is 5.02. The molecule has 0 amide bonds. The minimum absolute atomic E-state index is 0.310. The molecule has 5 heteroatoms. The Morgan fingerprint density at radius 3 is 2.36 bits per heavy atom. The molecule has 2 atom stereocenters. The van der Waals surface area contributed by atoms with Crippen LogP contribution in [0.3, 0.4) is 0 Å². The number of anilines is 1. The Bertz CT molecular complexity index is 889. The van der Waals surface area contributed by atoms with Crippen molar-refractivity contribution < 1.29 is 9.47 Å². The molecule has 4 rings (SSSR count). The third kappa shape index (κ3) is 3.24. The summed E-state index contributed by atoms with van der Waals surface area (Å²) in [6.45, 7) is 2.10. The molecular formula is C23H29N3O2. The third-order valence-corrected chi connectivity index (χ3v) is 5.94. The highest BCUT2D eigenvalue weighted by Crippen LogP contribution is 2.42. The number of ether oxygens (including phenoxy) is 2. The molecule has 5 nitrogen and oxygen atoms in total. The molecule has 0 saturated carbocycles. The van der Waals surface area contributed by atoms with Crippen LogP contribution in [0, 0.1) is 0 Å². The van der Waals surface area contributed by atoms with E-state index in [9.17, 15) is 0 Å². The second-order valence-corrected chi connectivity index (χ2v) is 7.94. The Morgan fingerprint density at radius 1 is 1.04 bits per heavy atom. The van der Waals surface area contributed by atoms with Crippen LogP contribution < -0.4 is 14.4 Å². The van der Waals surface area contributed by atoms with E-state index in [0.717, 1.165) is 47.8 Å². The maximum absolute atomic E-state index is 5.61. The number of aliphatic imine (C=N–C) groups is 1. The standard InChI is InChI=1S/C23H29N3O2/c1-25(2)16-8-6-15(7-9-16)23-18-13-22(28-5)21(27-4)12-17(18)19-14-26(3)11-10-20(19)24-23/h6-9,12-13,19-20H,10-11,14H2,1-5H3. The van der Waals surface area contributed by atoms with E-state index in [2.05, 4.69) is 67.3 Å². The fourth-order valence-corrected chi connectivity index (χ4v) is 4.35. The molecule has 0 spiro atoms. The summed E-state index contributed by atoms with van der Waals surface area (Å²) < 4.78 is 11.2. The number of hydrogen-bond donors (Lipinski definition) is 0. The van der Waals surface area contributed by atoms with Crippen LogP contribution in [0.15, 0.2) is 41.4 Å². The summed E-state index contributed by atoms with van der Waals surface area (Å²) in [5, 5.41) is 0. The predicted molar refractivity (Wildman–Crippen MR) is 115 cm³/mol. The van der Waals surface area contributed by atoms with Gasteiger partial charge in [0.15, 0.2) is 11.5 Å². The van der Waals surface area contributed by atoms with E-state index in [-0.39, 0.29) is 0 Å². The lowest BCUT2D eigenvalue weighted by Crippen LogP contribution is -2.41. The fraction of sp³-hybridized carbons (Fsp3) is 0.435. The van der Waals surface area contributed by atoms with Crippen LogP contribution in [0.5, 0.6) is 11.5 Å². The molecule has 2 unspecified atom stereocenters. The summed E-state index contributed by atoms with van der Waals surface area (Å²) in [6, 6.07) is 13.2. The summed E-state index contributed by atoms with van der Waals surface area (Å²) in [5.41, 5.74) is 5.87. The van der Waals surface area contributed by atoms with Crippen LogP contribution in [-0.4, -0.2) is 65.1 Å². The number of fused-ring (bicyclic) bond motifs is 3. The van der Waals surface area contributed by atoms with Crippen LogP contribution >= 0.6 is 0 Å². The van der Waals surface area contributed by atoms with Crippen molar-refractivity contribution in [3.63, 3.8) is 0 Å². The first kappa shape index (κ1) is 18.8. The minimum atomic E-state index is 0.310. The van der Waals surface area contributed by atoms with E-state index in [1.807, 2.05) is 0 Å². The fourth-order valence-electron chi connectivity index (χ4n) is 4.35. The molecule has 28 heavy (non-hydrogen) atoms. The Morgan fingerprint density at radius 2 is 1.71 bits per heavy atom. The molecule has 0 radical (unpaired) electrons. The van der Waals surface area contributed by atoms with Crippen molar-refractivity contribution in [2.45, 2.75) is 18.4 Å². The van der Waals surface area contributed by atoms with Crippen molar-refractivity contribution in [3.05, 3.63) is 53.1 Å². The van der Waals surface area contributed by atoms with Crippen LogP contribution in [0.1, 0.15) is 29.0 Å². The normalized spacial score (nSPS) is 21.4. The number of rotatable bonds is 4. The topological polar surface area (TPSA) is 37.3 Å². The highest BCUT2D eigenvalue weighted by molar-refractivity contribution is 6.15. The quantitative estimate of drug-likeness (QED) is 0.816. The molecule has 0 aliphatic carbocycles. The van der Waals surface area contributed by atoms with Crippen molar-refractivity contribution in [2.75, 3.05) is 53.4 Å². The van der Waals surface area contributed by atoms with E-state index in [1.165, 1.54) is 11.3 Å². The van der Waals surface area contributed by atoms with Crippen molar-refractivity contribution in [1.82, 2.24) is 4.90 Å². The number of likely N-dealkylation sites (tertiary alicyclic amines) is 1. The van der Waals surface area contributed by atoms with Gasteiger partial charge in [-0.05, 0) is 49.8 Å². The highest BCUT2D eigenvalue weighted by Gasteiger charge is 2.36. The predicted octanol–water partition coefficient (Wildman–Crippen LogP) is 3.41. The number of likely N-dealkylation sites (N-methyl/N-ethyl adjacent to an activating group) is 1. The third-order valence-electron chi connectivity index (χ3n) is 5.94. The molecule has 2 heterocycles. The molecule has 0 N–H and O–H groups in total. The lowest BCUT2D eigenvalue weighted by Gasteiger charge is -2.39. The second-order valence-electron chi connectivity index (χ2n) is 7.94. The molecule has 2 aromatic rings. The Hall–Kier alpha value is -2.53. The Labute approximate surface area is 167 Å². The zero-order valence-corrected chi connectivity index (χ0v) is 17.4. The number of methoxy groups -OCH3 is 2. The average Bonchev–Trinajstić information content (AvgIpc) is 2.72. The first-order valence-corrected chi connectivity index (χ1v) is 9.82. The molecular weight excluding hydrogens is 350 g/mol. The van der Waals surface area contributed by atoms with Gasteiger partial charge in [0.05, 0.1) is 26.0 Å². The van der Waals surface area contributed by atoms with Gasteiger partial charge in [-0.15, -0.1) is 0 Å². The lowest BCUT2D eigenvalue weighted by molar-refractivity contribution is 0.227. The van der Waals surface area contributed by atoms with Gasteiger partial charge in [0.25, 0.3) is 0 Å².